The number of hydrogen-bond donors (Lipinski definition) is 2. The van der Waals surface area contributed by atoms with Crippen LogP contribution in [0.4, 0.5) is 4.79 Å². The number of pyridine rings is 1. The molecular weight excluding hydrogens is 364 g/mol. The van der Waals surface area contributed by atoms with Gasteiger partial charge in [0.15, 0.2) is 0 Å². The van der Waals surface area contributed by atoms with Gasteiger partial charge in [0.2, 0.25) is 0 Å². The Balaban J connectivity index is 1.27. The van der Waals surface area contributed by atoms with Gasteiger partial charge in [-0.05, 0) is 49.9 Å². The van der Waals surface area contributed by atoms with Crippen molar-refractivity contribution in [1.29, 1.82) is 0 Å². The van der Waals surface area contributed by atoms with Crippen LogP contribution in [0.15, 0.2) is 54.7 Å². The minimum absolute atomic E-state index is 0.0142. The Kier molecular flexibility index (Phi) is 6.11. The Labute approximate surface area is 172 Å². The summed E-state index contributed by atoms with van der Waals surface area (Å²) in [6.07, 6.45) is 4.85. The molecule has 2 N–H and O–H groups in total. The van der Waals surface area contributed by atoms with Gasteiger partial charge in [-0.25, -0.2) is 4.79 Å². The van der Waals surface area contributed by atoms with Crippen LogP contribution in [0.2, 0.25) is 0 Å². The minimum atomic E-state index is -0.935. The van der Waals surface area contributed by atoms with Gasteiger partial charge in [0.1, 0.15) is 5.60 Å². The monoisotopic (exact) mass is 394 g/mol. The van der Waals surface area contributed by atoms with Gasteiger partial charge in [0.05, 0.1) is 5.69 Å². The Morgan fingerprint density at radius 3 is 2.59 bits per heavy atom. The number of urea groups is 1. The number of piperidine rings is 2. The fourth-order valence-corrected chi connectivity index (χ4v) is 4.40. The summed E-state index contributed by atoms with van der Waals surface area (Å²) in [7, 11) is 0. The molecule has 154 valence electrons. The summed E-state index contributed by atoms with van der Waals surface area (Å²) in [6, 6.07) is 16.2. The molecule has 0 aliphatic carbocycles. The van der Waals surface area contributed by atoms with E-state index in [-0.39, 0.29) is 12.1 Å². The molecule has 2 fully saturated rings. The number of likely N-dealkylation sites (tertiary alicyclic amines) is 2. The Bertz CT molecular complexity index is 791. The number of aliphatic hydroxyl groups is 1. The molecule has 2 aliphatic heterocycles. The van der Waals surface area contributed by atoms with E-state index < -0.39 is 5.60 Å². The van der Waals surface area contributed by atoms with E-state index in [9.17, 15) is 9.90 Å². The van der Waals surface area contributed by atoms with Gasteiger partial charge < -0.3 is 15.3 Å². The molecule has 1 aromatic carbocycles. The molecule has 2 amide bonds. The Hall–Kier alpha value is -2.44. The van der Waals surface area contributed by atoms with Crippen molar-refractivity contribution in [2.45, 2.75) is 43.9 Å². The van der Waals surface area contributed by atoms with Crippen molar-refractivity contribution in [1.82, 2.24) is 20.1 Å². The number of hydrogen-bond acceptors (Lipinski definition) is 4. The number of rotatable bonds is 4. The summed E-state index contributed by atoms with van der Waals surface area (Å²) in [5.74, 6) is 0. The standard InChI is InChI=1S/C23H30N4O2/c28-22(27-15-11-23(29,12-16-27)21-10-4-5-13-24-21)25-20-9-6-14-26(18-20)17-19-7-2-1-3-8-19/h1-5,7-8,10,13,20,29H,6,9,11-12,14-18H2,(H,25,28). The fraction of sp³-hybridized carbons (Fsp3) is 0.478. The zero-order chi connectivity index (χ0) is 20.1. The van der Waals surface area contributed by atoms with E-state index in [2.05, 4.69) is 39.5 Å². The molecular formula is C23H30N4O2. The average Bonchev–Trinajstić information content (AvgIpc) is 2.76. The number of benzene rings is 1. The van der Waals surface area contributed by atoms with Crippen molar-refractivity contribution in [3.05, 3.63) is 66.0 Å². The number of carbonyl (C=O) groups excluding carboxylic acids is 1. The first kappa shape index (κ1) is 19.9. The number of carbonyl (C=O) groups is 1. The first-order valence-corrected chi connectivity index (χ1v) is 10.6. The smallest absolute Gasteiger partial charge is 0.317 e. The fourth-order valence-electron chi connectivity index (χ4n) is 4.40. The van der Waals surface area contributed by atoms with Crippen LogP contribution in [-0.2, 0) is 12.1 Å². The second-order valence-electron chi connectivity index (χ2n) is 8.24. The molecule has 2 aromatic rings. The zero-order valence-corrected chi connectivity index (χ0v) is 16.8. The second kappa shape index (κ2) is 8.93. The highest BCUT2D eigenvalue weighted by atomic mass is 16.3. The first-order valence-electron chi connectivity index (χ1n) is 10.6. The number of nitrogens with one attached hydrogen (secondary N) is 1. The third-order valence-corrected chi connectivity index (χ3v) is 6.10. The summed E-state index contributed by atoms with van der Waals surface area (Å²) in [5, 5.41) is 14.1. The molecule has 2 aliphatic rings. The maximum Gasteiger partial charge on any atom is 0.317 e. The molecule has 3 heterocycles. The van der Waals surface area contributed by atoms with Gasteiger partial charge in [-0.15, -0.1) is 0 Å². The summed E-state index contributed by atoms with van der Waals surface area (Å²) in [4.78, 5) is 21.3. The lowest BCUT2D eigenvalue weighted by Crippen LogP contribution is -2.54. The van der Waals surface area contributed by atoms with Crippen LogP contribution in [-0.4, -0.2) is 58.1 Å². The summed E-state index contributed by atoms with van der Waals surface area (Å²) < 4.78 is 0. The third-order valence-electron chi connectivity index (χ3n) is 6.10. The first-order chi connectivity index (χ1) is 14.1. The summed E-state index contributed by atoms with van der Waals surface area (Å²) in [6.45, 7) is 3.96. The van der Waals surface area contributed by atoms with E-state index in [1.807, 2.05) is 29.2 Å². The molecule has 6 heteroatoms. The summed E-state index contributed by atoms with van der Waals surface area (Å²) >= 11 is 0. The van der Waals surface area contributed by atoms with E-state index in [1.54, 1.807) is 6.20 Å². The quantitative estimate of drug-likeness (QED) is 0.837. The maximum atomic E-state index is 12.8. The largest absolute Gasteiger partial charge is 0.383 e. The van der Waals surface area contributed by atoms with Crippen LogP contribution in [0.3, 0.4) is 0 Å². The van der Waals surface area contributed by atoms with Gasteiger partial charge >= 0.3 is 6.03 Å². The SMILES string of the molecule is O=C(NC1CCCN(Cc2ccccc2)C1)N1CCC(O)(c2ccccn2)CC1. The highest BCUT2D eigenvalue weighted by Gasteiger charge is 2.37. The van der Waals surface area contributed by atoms with Gasteiger partial charge in [-0.3, -0.25) is 9.88 Å². The van der Waals surface area contributed by atoms with Crippen LogP contribution in [0.5, 0.6) is 0 Å². The molecule has 0 spiro atoms. The van der Waals surface area contributed by atoms with Crippen LogP contribution < -0.4 is 5.32 Å². The molecule has 2 saturated heterocycles. The van der Waals surface area contributed by atoms with Gasteiger partial charge in [0, 0.05) is 38.4 Å². The molecule has 1 aromatic heterocycles. The van der Waals surface area contributed by atoms with Gasteiger partial charge in [0.25, 0.3) is 0 Å². The molecule has 1 atom stereocenters. The van der Waals surface area contributed by atoms with Crippen molar-refractivity contribution >= 4 is 6.03 Å². The maximum absolute atomic E-state index is 12.8. The van der Waals surface area contributed by atoms with E-state index in [0.717, 1.165) is 32.5 Å². The van der Waals surface area contributed by atoms with E-state index in [0.29, 0.717) is 31.6 Å². The predicted octanol–water partition coefficient (Wildman–Crippen LogP) is 2.74. The zero-order valence-electron chi connectivity index (χ0n) is 16.8. The van der Waals surface area contributed by atoms with Crippen molar-refractivity contribution in [2.24, 2.45) is 0 Å². The Morgan fingerprint density at radius 2 is 1.86 bits per heavy atom. The van der Waals surface area contributed by atoms with Crippen molar-refractivity contribution in [2.75, 3.05) is 26.2 Å². The number of amides is 2. The lowest BCUT2D eigenvalue weighted by Gasteiger charge is -2.39. The van der Waals surface area contributed by atoms with Crippen LogP contribution in [0.1, 0.15) is 36.9 Å². The molecule has 0 radical (unpaired) electrons. The predicted molar refractivity (Wildman–Crippen MR) is 112 cm³/mol. The van der Waals surface area contributed by atoms with Crippen LogP contribution in [0, 0.1) is 0 Å². The highest BCUT2D eigenvalue weighted by molar-refractivity contribution is 5.74. The lowest BCUT2D eigenvalue weighted by atomic mass is 9.88. The van der Waals surface area contributed by atoms with Gasteiger partial charge in [-0.2, -0.15) is 0 Å². The van der Waals surface area contributed by atoms with Crippen molar-refractivity contribution < 1.29 is 9.90 Å². The normalized spacial score (nSPS) is 22.2. The Morgan fingerprint density at radius 1 is 1.10 bits per heavy atom. The topological polar surface area (TPSA) is 68.7 Å². The van der Waals surface area contributed by atoms with Crippen molar-refractivity contribution in [3.8, 4) is 0 Å². The molecule has 0 saturated carbocycles. The average molecular weight is 395 g/mol. The van der Waals surface area contributed by atoms with E-state index in [4.69, 9.17) is 0 Å². The highest BCUT2D eigenvalue weighted by Crippen LogP contribution is 2.31. The summed E-state index contributed by atoms with van der Waals surface area (Å²) in [5.41, 5.74) is 1.07. The molecule has 0 bridgehead atoms. The minimum Gasteiger partial charge on any atom is -0.383 e. The van der Waals surface area contributed by atoms with Gasteiger partial charge in [-0.1, -0.05) is 36.4 Å². The molecule has 1 unspecified atom stereocenters. The number of nitrogens with zero attached hydrogens (tertiary/aromatic N) is 3. The third kappa shape index (κ3) is 4.95. The molecule has 4 rings (SSSR count). The second-order valence-corrected chi connectivity index (χ2v) is 8.24. The van der Waals surface area contributed by atoms with Crippen LogP contribution >= 0.6 is 0 Å². The van der Waals surface area contributed by atoms with Crippen LogP contribution in [0.25, 0.3) is 0 Å². The molecule has 29 heavy (non-hydrogen) atoms. The number of aromatic nitrogens is 1. The van der Waals surface area contributed by atoms with E-state index in [1.165, 1.54) is 5.56 Å². The molecule has 6 nitrogen and oxygen atoms in total. The lowest BCUT2D eigenvalue weighted by molar-refractivity contribution is -0.0207. The van der Waals surface area contributed by atoms with Crippen molar-refractivity contribution in [3.63, 3.8) is 0 Å². The van der Waals surface area contributed by atoms with E-state index >= 15 is 0 Å².